The Hall–Kier alpha value is -3.20. The molecule has 2 aromatic carbocycles. The van der Waals surface area contributed by atoms with E-state index in [1.807, 2.05) is 0 Å². The van der Waals surface area contributed by atoms with E-state index >= 15 is 0 Å². The summed E-state index contributed by atoms with van der Waals surface area (Å²) in [4.78, 5) is 17.6. The number of benzene rings is 2. The van der Waals surface area contributed by atoms with E-state index < -0.39 is 35.5 Å². The molecular formula is C22H20F4N2O3. The summed E-state index contributed by atoms with van der Waals surface area (Å²) in [6.45, 7) is 1.53. The predicted molar refractivity (Wildman–Crippen MR) is 110 cm³/mol. The van der Waals surface area contributed by atoms with Gasteiger partial charge >= 0.3 is 6.18 Å². The van der Waals surface area contributed by atoms with Crippen molar-refractivity contribution in [2.45, 2.75) is 31.0 Å². The van der Waals surface area contributed by atoms with Crippen LogP contribution >= 0.6 is 0 Å². The third-order valence-electron chi connectivity index (χ3n) is 4.98. The van der Waals surface area contributed by atoms with E-state index in [-0.39, 0.29) is 16.6 Å². The molecule has 2 atom stereocenters. The minimum absolute atomic E-state index is 0.0811. The summed E-state index contributed by atoms with van der Waals surface area (Å²) < 4.78 is 60.6. The number of rotatable bonds is 6. The number of halogens is 4. The zero-order valence-corrected chi connectivity index (χ0v) is 16.7. The number of nitrogens with zero attached hydrogens (tertiary/aromatic N) is 1. The molecule has 0 aliphatic heterocycles. The van der Waals surface area contributed by atoms with Crippen molar-refractivity contribution in [3.05, 3.63) is 70.3 Å². The van der Waals surface area contributed by atoms with Gasteiger partial charge in [0.15, 0.2) is 5.60 Å². The monoisotopic (exact) mass is 436 g/mol. The SMILES string of the molecule is COc1ccccc1C(C)CC(O)(/C=N/c1cc(F)cc2[nH]c(=O)ccc12)C(F)(F)F. The maximum Gasteiger partial charge on any atom is 0.422 e. The quantitative estimate of drug-likeness (QED) is 0.428. The lowest BCUT2D eigenvalue weighted by atomic mass is 9.86. The maximum atomic E-state index is 13.9. The van der Waals surface area contributed by atoms with Gasteiger partial charge < -0.3 is 14.8 Å². The van der Waals surface area contributed by atoms with Crippen molar-refractivity contribution in [2.24, 2.45) is 4.99 Å². The van der Waals surface area contributed by atoms with Crippen molar-refractivity contribution in [3.63, 3.8) is 0 Å². The van der Waals surface area contributed by atoms with Crippen LogP contribution < -0.4 is 10.3 Å². The van der Waals surface area contributed by atoms with E-state index in [4.69, 9.17) is 4.74 Å². The van der Waals surface area contributed by atoms with E-state index in [0.29, 0.717) is 17.5 Å². The van der Waals surface area contributed by atoms with Gasteiger partial charge in [0.25, 0.3) is 0 Å². The van der Waals surface area contributed by atoms with Crippen LogP contribution in [0.1, 0.15) is 24.8 Å². The lowest BCUT2D eigenvalue weighted by Crippen LogP contribution is -2.47. The number of hydrogen-bond donors (Lipinski definition) is 2. The van der Waals surface area contributed by atoms with Crippen molar-refractivity contribution in [1.29, 1.82) is 0 Å². The third-order valence-corrected chi connectivity index (χ3v) is 4.98. The van der Waals surface area contributed by atoms with Gasteiger partial charge in [-0.2, -0.15) is 13.2 Å². The topological polar surface area (TPSA) is 74.7 Å². The summed E-state index contributed by atoms with van der Waals surface area (Å²) in [5.41, 5.74) is -3.36. The summed E-state index contributed by atoms with van der Waals surface area (Å²) in [6.07, 6.45) is -5.40. The van der Waals surface area contributed by atoms with Crippen LogP contribution in [-0.2, 0) is 0 Å². The lowest BCUT2D eigenvalue weighted by molar-refractivity contribution is -0.231. The van der Waals surface area contributed by atoms with Crippen LogP contribution in [0.3, 0.4) is 0 Å². The highest BCUT2D eigenvalue weighted by Gasteiger charge is 2.53. The molecule has 164 valence electrons. The maximum absolute atomic E-state index is 13.9. The Kier molecular flexibility index (Phi) is 6.17. The molecule has 0 spiro atoms. The number of aliphatic imine (C=N–C) groups is 1. The zero-order valence-electron chi connectivity index (χ0n) is 16.7. The fraction of sp³-hybridized carbons (Fsp3) is 0.273. The Labute approximate surface area is 175 Å². The summed E-state index contributed by atoms with van der Waals surface area (Å²) in [5, 5.41) is 10.8. The number of aromatic amines is 1. The van der Waals surface area contributed by atoms with E-state index in [1.165, 1.54) is 20.1 Å². The van der Waals surface area contributed by atoms with Gasteiger partial charge in [-0.1, -0.05) is 25.1 Å². The van der Waals surface area contributed by atoms with E-state index in [2.05, 4.69) is 9.98 Å². The number of alkyl halides is 3. The van der Waals surface area contributed by atoms with E-state index in [9.17, 15) is 27.5 Å². The Morgan fingerprint density at radius 1 is 1.19 bits per heavy atom. The molecule has 0 aliphatic carbocycles. The summed E-state index contributed by atoms with van der Waals surface area (Å²) in [6, 6.07) is 11.0. The summed E-state index contributed by atoms with van der Waals surface area (Å²) in [7, 11) is 1.41. The number of nitrogens with one attached hydrogen (secondary N) is 1. The molecule has 3 rings (SSSR count). The molecule has 1 heterocycles. The molecular weight excluding hydrogens is 416 g/mol. The lowest BCUT2D eigenvalue weighted by Gasteiger charge is -2.30. The molecule has 5 nitrogen and oxygen atoms in total. The fourth-order valence-electron chi connectivity index (χ4n) is 3.39. The molecule has 0 radical (unpaired) electrons. The average Bonchev–Trinajstić information content (AvgIpc) is 2.70. The molecule has 0 saturated carbocycles. The number of pyridine rings is 1. The van der Waals surface area contributed by atoms with Crippen molar-refractivity contribution in [3.8, 4) is 5.75 Å². The number of fused-ring (bicyclic) bond motifs is 1. The minimum atomic E-state index is -5.04. The first-order chi connectivity index (χ1) is 14.5. The second kappa shape index (κ2) is 8.50. The molecule has 3 aromatic rings. The molecule has 0 fully saturated rings. The standard InChI is InChI=1S/C22H20F4N2O3/c1-13(15-5-3-4-6-19(15)31-2)11-21(30,22(24,25)26)12-27-17-9-14(23)10-18-16(17)7-8-20(29)28-18/h3-10,12-13,30H,11H2,1-2H3,(H,28,29)/b27-12+. The average molecular weight is 436 g/mol. The van der Waals surface area contributed by atoms with Gasteiger partial charge in [-0.3, -0.25) is 9.79 Å². The molecule has 9 heteroatoms. The van der Waals surface area contributed by atoms with Gasteiger partial charge in [-0.25, -0.2) is 4.39 Å². The minimum Gasteiger partial charge on any atom is -0.496 e. The molecule has 0 amide bonds. The molecule has 0 bridgehead atoms. The van der Waals surface area contributed by atoms with E-state index in [1.54, 1.807) is 24.3 Å². The fourth-order valence-corrected chi connectivity index (χ4v) is 3.39. The molecule has 1 aromatic heterocycles. The van der Waals surface area contributed by atoms with Gasteiger partial charge in [0.05, 0.1) is 18.3 Å². The molecule has 2 N–H and O–H groups in total. The van der Waals surface area contributed by atoms with Gasteiger partial charge in [0.2, 0.25) is 5.56 Å². The van der Waals surface area contributed by atoms with Gasteiger partial charge in [0.1, 0.15) is 11.6 Å². The molecule has 0 saturated heterocycles. The highest BCUT2D eigenvalue weighted by atomic mass is 19.4. The van der Waals surface area contributed by atoms with Crippen LogP contribution in [0.4, 0.5) is 23.2 Å². The largest absolute Gasteiger partial charge is 0.496 e. The first-order valence-corrected chi connectivity index (χ1v) is 9.34. The Morgan fingerprint density at radius 3 is 2.58 bits per heavy atom. The summed E-state index contributed by atoms with van der Waals surface area (Å²) >= 11 is 0. The Balaban J connectivity index is 2.01. The van der Waals surface area contributed by atoms with Crippen LogP contribution in [0.2, 0.25) is 0 Å². The molecule has 2 unspecified atom stereocenters. The van der Waals surface area contributed by atoms with Gasteiger partial charge in [0, 0.05) is 23.7 Å². The number of para-hydroxylation sites is 1. The van der Waals surface area contributed by atoms with Crippen molar-refractivity contribution < 1.29 is 27.4 Å². The number of aromatic nitrogens is 1. The van der Waals surface area contributed by atoms with Crippen LogP contribution in [0.25, 0.3) is 10.9 Å². The van der Waals surface area contributed by atoms with Crippen molar-refractivity contribution in [2.75, 3.05) is 7.11 Å². The van der Waals surface area contributed by atoms with Crippen LogP contribution in [-0.4, -0.2) is 35.2 Å². The third kappa shape index (κ3) is 4.77. The predicted octanol–water partition coefficient (Wildman–Crippen LogP) is 4.87. The van der Waals surface area contributed by atoms with Crippen LogP contribution in [0.5, 0.6) is 5.75 Å². The first kappa shape index (κ1) is 22.5. The molecule has 31 heavy (non-hydrogen) atoms. The van der Waals surface area contributed by atoms with Crippen LogP contribution in [0.15, 0.2) is 58.3 Å². The van der Waals surface area contributed by atoms with E-state index in [0.717, 1.165) is 18.2 Å². The summed E-state index contributed by atoms with van der Waals surface area (Å²) in [5.74, 6) is -1.13. The van der Waals surface area contributed by atoms with Crippen LogP contribution in [0, 0.1) is 5.82 Å². The molecule has 0 aliphatic rings. The highest BCUT2D eigenvalue weighted by Crippen LogP contribution is 2.40. The zero-order chi connectivity index (χ0) is 22.8. The number of hydrogen-bond acceptors (Lipinski definition) is 4. The van der Waals surface area contributed by atoms with Gasteiger partial charge in [-0.05, 0) is 36.1 Å². The normalized spacial score (nSPS) is 15.2. The number of ether oxygens (including phenoxy) is 1. The number of methoxy groups -OCH3 is 1. The second-order valence-corrected chi connectivity index (χ2v) is 7.24. The number of aliphatic hydroxyl groups is 1. The number of H-pyrrole nitrogens is 1. The first-order valence-electron chi connectivity index (χ1n) is 9.34. The van der Waals surface area contributed by atoms with Crippen molar-refractivity contribution >= 4 is 22.8 Å². The Morgan fingerprint density at radius 2 is 1.90 bits per heavy atom. The second-order valence-electron chi connectivity index (χ2n) is 7.24. The Bertz CT molecular complexity index is 1170. The smallest absolute Gasteiger partial charge is 0.422 e. The van der Waals surface area contributed by atoms with Crippen molar-refractivity contribution in [1.82, 2.24) is 4.98 Å². The highest BCUT2D eigenvalue weighted by molar-refractivity contribution is 5.92. The van der Waals surface area contributed by atoms with Gasteiger partial charge in [-0.15, -0.1) is 0 Å².